The Morgan fingerprint density at radius 3 is 2.48 bits per heavy atom. The van der Waals surface area contributed by atoms with Crippen LogP contribution in [0.5, 0.6) is 0 Å². The summed E-state index contributed by atoms with van der Waals surface area (Å²) in [4.78, 5) is 53.3. The number of likely N-dealkylation sites (tertiary alicyclic amines) is 1. The monoisotopic (exact) mass is 396 g/mol. The quantitative estimate of drug-likeness (QED) is 0.705. The Morgan fingerprint density at radius 1 is 1.00 bits per heavy atom. The Kier molecular flexibility index (Phi) is 4.48. The summed E-state index contributed by atoms with van der Waals surface area (Å²) in [5.41, 5.74) is 1.61. The summed E-state index contributed by atoms with van der Waals surface area (Å²) in [6, 6.07) is 4.44. The second kappa shape index (κ2) is 7.03. The Balaban J connectivity index is 1.40. The molecule has 0 aromatic heterocycles. The lowest BCUT2D eigenvalue weighted by Gasteiger charge is -2.41. The van der Waals surface area contributed by atoms with Gasteiger partial charge >= 0.3 is 0 Å². The number of carbonyl (C=O) groups is 4. The van der Waals surface area contributed by atoms with Gasteiger partial charge in [-0.25, -0.2) is 0 Å². The third-order valence-corrected chi connectivity index (χ3v) is 6.51. The lowest BCUT2D eigenvalue weighted by Crippen LogP contribution is -2.54. The van der Waals surface area contributed by atoms with Crippen molar-refractivity contribution in [2.45, 2.75) is 31.8 Å². The van der Waals surface area contributed by atoms with Crippen molar-refractivity contribution >= 4 is 23.6 Å². The average Bonchev–Trinajstić information content (AvgIpc) is 2.93. The van der Waals surface area contributed by atoms with Gasteiger partial charge in [0, 0.05) is 26.1 Å². The van der Waals surface area contributed by atoms with E-state index in [1.165, 1.54) is 6.42 Å². The molecule has 152 valence electrons. The van der Waals surface area contributed by atoms with Gasteiger partial charge in [0.1, 0.15) is 6.04 Å². The van der Waals surface area contributed by atoms with Gasteiger partial charge in [0.15, 0.2) is 0 Å². The fourth-order valence-electron chi connectivity index (χ4n) is 5.30. The Hall–Kier alpha value is -2.58. The molecule has 3 atom stereocenters. The lowest BCUT2D eigenvalue weighted by molar-refractivity contribution is -0.136. The standard InChI is InChI=1S/C21H24N4O4/c26-17-5-4-16(19(27)23-17)25-20(28)15-3-1-2-14(18(15)21(25)29)11-24-9-12-6-13(10-24)8-22-7-12/h1-3,12-13,16,22H,4-11H2,(H,23,26,27). The molecule has 5 rings (SSSR count). The van der Waals surface area contributed by atoms with Gasteiger partial charge in [-0.3, -0.25) is 34.3 Å². The molecule has 4 heterocycles. The van der Waals surface area contributed by atoms with E-state index in [-0.39, 0.29) is 18.7 Å². The van der Waals surface area contributed by atoms with Crippen molar-refractivity contribution in [1.29, 1.82) is 0 Å². The normalized spacial score (nSPS) is 29.8. The van der Waals surface area contributed by atoms with Crippen LogP contribution in [0.2, 0.25) is 0 Å². The van der Waals surface area contributed by atoms with Crippen LogP contribution < -0.4 is 10.6 Å². The molecule has 4 aliphatic rings. The van der Waals surface area contributed by atoms with Crippen LogP contribution in [0.25, 0.3) is 0 Å². The molecule has 3 saturated heterocycles. The van der Waals surface area contributed by atoms with Crippen molar-refractivity contribution in [2.24, 2.45) is 11.8 Å². The van der Waals surface area contributed by atoms with E-state index in [1.807, 2.05) is 6.07 Å². The molecular formula is C21H24N4O4. The SMILES string of the molecule is O=C1CCC(N2C(=O)c3cccc(CN4CC5CNCC(C5)C4)c3C2=O)C(=O)N1. The first kappa shape index (κ1) is 18.4. The molecule has 1 aromatic rings. The molecule has 2 bridgehead atoms. The summed E-state index contributed by atoms with van der Waals surface area (Å²) >= 11 is 0. The molecule has 0 spiro atoms. The predicted octanol–water partition coefficient (Wildman–Crippen LogP) is 0.129. The summed E-state index contributed by atoms with van der Waals surface area (Å²) < 4.78 is 0. The van der Waals surface area contributed by atoms with Crippen LogP contribution in [0.15, 0.2) is 18.2 Å². The molecule has 8 nitrogen and oxygen atoms in total. The van der Waals surface area contributed by atoms with Crippen LogP contribution in [-0.4, -0.2) is 65.6 Å². The number of hydrogen-bond acceptors (Lipinski definition) is 6. The largest absolute Gasteiger partial charge is 0.316 e. The van der Waals surface area contributed by atoms with Crippen LogP contribution >= 0.6 is 0 Å². The molecule has 0 saturated carbocycles. The number of nitrogens with zero attached hydrogens (tertiary/aromatic N) is 2. The second-order valence-electron chi connectivity index (χ2n) is 8.61. The number of imide groups is 2. The number of amides is 4. The van der Waals surface area contributed by atoms with Gasteiger partial charge in [-0.15, -0.1) is 0 Å². The van der Waals surface area contributed by atoms with E-state index in [2.05, 4.69) is 15.5 Å². The average molecular weight is 396 g/mol. The summed E-state index contributed by atoms with van der Waals surface area (Å²) in [5, 5.41) is 5.72. The fourth-order valence-corrected chi connectivity index (χ4v) is 5.30. The first-order chi connectivity index (χ1) is 14.0. The molecule has 2 N–H and O–H groups in total. The highest BCUT2D eigenvalue weighted by atomic mass is 16.2. The topological polar surface area (TPSA) is 98.8 Å². The number of nitrogens with one attached hydrogen (secondary N) is 2. The minimum absolute atomic E-state index is 0.126. The third kappa shape index (κ3) is 3.16. The van der Waals surface area contributed by atoms with Crippen molar-refractivity contribution < 1.29 is 19.2 Å². The smallest absolute Gasteiger partial charge is 0.262 e. The molecule has 1 aromatic carbocycles. The molecule has 4 amide bonds. The van der Waals surface area contributed by atoms with Gasteiger partial charge in [-0.2, -0.15) is 0 Å². The minimum Gasteiger partial charge on any atom is -0.316 e. The number of rotatable bonds is 3. The van der Waals surface area contributed by atoms with Gasteiger partial charge < -0.3 is 5.32 Å². The molecule has 4 aliphatic heterocycles. The van der Waals surface area contributed by atoms with Crippen molar-refractivity contribution in [1.82, 2.24) is 20.4 Å². The highest BCUT2D eigenvalue weighted by Crippen LogP contribution is 2.32. The van der Waals surface area contributed by atoms with Gasteiger partial charge in [0.2, 0.25) is 11.8 Å². The Morgan fingerprint density at radius 2 is 1.76 bits per heavy atom. The maximum Gasteiger partial charge on any atom is 0.262 e. The summed E-state index contributed by atoms with van der Waals surface area (Å²) in [6.45, 7) is 4.64. The van der Waals surface area contributed by atoms with Crippen molar-refractivity contribution in [3.8, 4) is 0 Å². The van der Waals surface area contributed by atoms with Crippen LogP contribution in [-0.2, 0) is 16.1 Å². The Bertz CT molecular complexity index is 902. The first-order valence-electron chi connectivity index (χ1n) is 10.3. The van der Waals surface area contributed by atoms with Gasteiger partial charge in [0.05, 0.1) is 11.1 Å². The maximum atomic E-state index is 13.2. The second-order valence-corrected chi connectivity index (χ2v) is 8.61. The fraction of sp³-hybridized carbons (Fsp3) is 0.524. The minimum atomic E-state index is -0.923. The molecule has 3 unspecified atom stereocenters. The van der Waals surface area contributed by atoms with E-state index in [4.69, 9.17) is 0 Å². The summed E-state index contributed by atoms with van der Waals surface area (Å²) in [6.07, 6.45) is 1.55. The summed E-state index contributed by atoms with van der Waals surface area (Å²) in [5.74, 6) is -0.564. The highest BCUT2D eigenvalue weighted by Gasteiger charge is 2.45. The number of carbonyl (C=O) groups excluding carboxylic acids is 4. The zero-order valence-corrected chi connectivity index (χ0v) is 16.1. The lowest BCUT2D eigenvalue weighted by atomic mass is 9.85. The molecule has 0 aliphatic carbocycles. The number of piperidine rings is 3. The van der Waals surface area contributed by atoms with E-state index in [1.54, 1.807) is 12.1 Å². The Labute approximate surface area is 168 Å². The third-order valence-electron chi connectivity index (χ3n) is 6.51. The first-order valence-corrected chi connectivity index (χ1v) is 10.3. The van der Waals surface area contributed by atoms with E-state index >= 15 is 0 Å². The van der Waals surface area contributed by atoms with Crippen LogP contribution in [0.1, 0.15) is 45.5 Å². The molecule has 8 heteroatoms. The van der Waals surface area contributed by atoms with E-state index in [0.717, 1.165) is 36.6 Å². The molecule has 29 heavy (non-hydrogen) atoms. The highest BCUT2D eigenvalue weighted by molar-refractivity contribution is 6.24. The van der Waals surface area contributed by atoms with Crippen molar-refractivity contribution in [3.05, 3.63) is 34.9 Å². The van der Waals surface area contributed by atoms with Crippen molar-refractivity contribution in [2.75, 3.05) is 26.2 Å². The van der Waals surface area contributed by atoms with Crippen LogP contribution in [0, 0.1) is 11.8 Å². The van der Waals surface area contributed by atoms with E-state index < -0.39 is 23.8 Å². The van der Waals surface area contributed by atoms with E-state index in [0.29, 0.717) is 29.5 Å². The molecule has 3 fully saturated rings. The maximum absolute atomic E-state index is 13.2. The number of benzene rings is 1. The molecular weight excluding hydrogens is 372 g/mol. The van der Waals surface area contributed by atoms with Crippen LogP contribution in [0.4, 0.5) is 0 Å². The van der Waals surface area contributed by atoms with Gasteiger partial charge in [-0.1, -0.05) is 12.1 Å². The zero-order chi connectivity index (χ0) is 20.1. The van der Waals surface area contributed by atoms with E-state index in [9.17, 15) is 19.2 Å². The zero-order valence-electron chi connectivity index (χ0n) is 16.1. The molecule has 0 radical (unpaired) electrons. The van der Waals surface area contributed by atoms with Gasteiger partial charge in [0.25, 0.3) is 11.8 Å². The van der Waals surface area contributed by atoms with Crippen molar-refractivity contribution in [3.63, 3.8) is 0 Å². The van der Waals surface area contributed by atoms with Gasteiger partial charge in [-0.05, 0) is 49.4 Å². The predicted molar refractivity (Wildman–Crippen MR) is 103 cm³/mol. The number of hydrogen-bond donors (Lipinski definition) is 2. The van der Waals surface area contributed by atoms with Crippen LogP contribution in [0.3, 0.4) is 0 Å². The number of fused-ring (bicyclic) bond motifs is 3. The summed E-state index contributed by atoms with van der Waals surface area (Å²) in [7, 11) is 0.